The van der Waals surface area contributed by atoms with Crippen molar-refractivity contribution in [2.24, 2.45) is 38.9 Å². The largest absolute Gasteiger partial charge is 0.483 e. The number of rotatable bonds is 30. The van der Waals surface area contributed by atoms with Crippen molar-refractivity contribution in [3.05, 3.63) is 227 Å². The predicted octanol–water partition coefficient (Wildman–Crippen LogP) is 16.5. The van der Waals surface area contributed by atoms with Crippen molar-refractivity contribution >= 4 is 60.8 Å². The van der Waals surface area contributed by atoms with E-state index in [0.29, 0.717) is 43.8 Å². The highest BCUT2D eigenvalue weighted by atomic mass is 31.2. The first-order chi connectivity index (χ1) is 55.4. The van der Waals surface area contributed by atoms with Gasteiger partial charge >= 0.3 is 31.8 Å². The van der Waals surface area contributed by atoms with E-state index in [4.69, 9.17) is 19.1 Å². The number of Topliss-reactive ketones (excluding diaryl/α,β-unsaturated/α-hetero) is 5. The van der Waals surface area contributed by atoms with Gasteiger partial charge in [-0.15, -0.1) is 0 Å². The van der Waals surface area contributed by atoms with E-state index in [1.807, 2.05) is 198 Å². The van der Waals surface area contributed by atoms with Crippen molar-refractivity contribution in [1.29, 1.82) is 0 Å². The third-order valence-corrected chi connectivity index (χ3v) is 19.9. The molecular formula is C94H131N6O19P. The summed E-state index contributed by atoms with van der Waals surface area (Å²) in [4.78, 5) is 123. The van der Waals surface area contributed by atoms with Gasteiger partial charge in [-0.2, -0.15) is 0 Å². The van der Waals surface area contributed by atoms with Gasteiger partial charge in [0.2, 0.25) is 0 Å². The van der Waals surface area contributed by atoms with Crippen LogP contribution < -0.4 is 25.8 Å². The molecule has 8 rings (SSSR count). The number of aromatic nitrogens is 2. The monoisotopic (exact) mass is 1680 g/mol. The average molecular weight is 1680 g/mol. The first-order valence-electron chi connectivity index (χ1n) is 39.6. The number of nitrogens with zero attached hydrogens (tertiary/aromatic N) is 2. The number of nitrogens with one attached hydrogen (secondary N) is 4. The molecule has 1 heterocycles. The molecule has 1 aliphatic rings. The van der Waals surface area contributed by atoms with Crippen LogP contribution in [-0.2, 0) is 95.0 Å². The molecule has 7 N–H and O–H groups in total. The van der Waals surface area contributed by atoms with E-state index in [2.05, 4.69) is 71.3 Å². The number of aliphatic hydroxyl groups excluding tert-OH is 1. The number of alkyl carbamates (subject to hydrolysis) is 3. The number of imidazole rings is 1. The van der Waals surface area contributed by atoms with Gasteiger partial charge in [0.25, 0.3) is 0 Å². The van der Waals surface area contributed by atoms with Crippen LogP contribution in [0.1, 0.15) is 189 Å². The summed E-state index contributed by atoms with van der Waals surface area (Å²) in [5.74, 6) is -0.726. The summed E-state index contributed by atoms with van der Waals surface area (Å²) in [7, 11) is 1.71. The minimum absolute atomic E-state index is 0. The number of fused-ring (bicyclic) bond motifs is 3. The third-order valence-electron chi connectivity index (χ3n) is 19.4. The highest BCUT2D eigenvalue weighted by Gasteiger charge is 2.43. The van der Waals surface area contributed by atoms with Crippen LogP contribution in [0.25, 0.3) is 11.1 Å². The maximum absolute atomic E-state index is 12.9. The van der Waals surface area contributed by atoms with Gasteiger partial charge in [-0.05, 0) is 94.0 Å². The van der Waals surface area contributed by atoms with Crippen molar-refractivity contribution in [1.82, 2.24) is 30.8 Å². The molecule has 656 valence electrons. The van der Waals surface area contributed by atoms with Crippen LogP contribution in [-0.4, -0.2) is 144 Å². The maximum Gasteiger partial charge on any atom is 0.407 e. The Labute approximate surface area is 710 Å². The Morgan fingerprint density at radius 2 is 0.958 bits per heavy atom. The normalized spacial score (nSPS) is 13.9. The zero-order chi connectivity index (χ0) is 89.6. The number of ketones is 5. The van der Waals surface area contributed by atoms with Gasteiger partial charge in [0.1, 0.15) is 23.7 Å². The summed E-state index contributed by atoms with van der Waals surface area (Å²) in [6, 6.07) is 48.1. The second-order valence-electron chi connectivity index (χ2n) is 34.5. The van der Waals surface area contributed by atoms with Gasteiger partial charge in [0.05, 0.1) is 65.0 Å². The zero-order valence-corrected chi connectivity index (χ0v) is 74.3. The molecule has 25 nitrogen and oxygen atoms in total. The molecule has 0 aliphatic heterocycles. The van der Waals surface area contributed by atoms with Gasteiger partial charge in [-0.25, -0.2) is 23.9 Å². The fourth-order valence-electron chi connectivity index (χ4n) is 12.8. The molecule has 120 heavy (non-hydrogen) atoms. The van der Waals surface area contributed by atoms with Crippen LogP contribution in [0.4, 0.5) is 14.4 Å². The number of hydrogen-bond acceptors (Lipinski definition) is 20. The van der Waals surface area contributed by atoms with E-state index < -0.39 is 88.6 Å². The quantitative estimate of drug-likeness (QED) is 0.00951. The second-order valence-corrected chi connectivity index (χ2v) is 36.3. The number of hydrogen-bond donors (Lipinski definition) is 7. The molecule has 26 heteroatoms. The number of methoxy groups -OCH3 is 4. The fourth-order valence-corrected chi connectivity index (χ4v) is 13.3. The van der Waals surface area contributed by atoms with Gasteiger partial charge in [-0.1, -0.05) is 271 Å². The summed E-state index contributed by atoms with van der Waals surface area (Å²) >= 11 is 0. The van der Waals surface area contributed by atoms with E-state index in [1.54, 1.807) is 70.4 Å². The van der Waals surface area contributed by atoms with Crippen molar-refractivity contribution in [2.75, 3.05) is 48.3 Å². The summed E-state index contributed by atoms with van der Waals surface area (Å²) in [5.41, 5.74) is 5.95. The summed E-state index contributed by atoms with van der Waals surface area (Å²) < 4.78 is 42.6. The molecule has 0 radical (unpaired) electrons. The lowest BCUT2D eigenvalue weighted by molar-refractivity contribution is -0.147. The topological polar surface area (TPSA) is 353 Å². The lowest BCUT2D eigenvalue weighted by Gasteiger charge is -2.32. The van der Waals surface area contributed by atoms with Crippen molar-refractivity contribution in [3.63, 3.8) is 0 Å². The highest BCUT2D eigenvalue weighted by Crippen LogP contribution is 2.45. The Kier molecular flexibility index (Phi) is 40.4. The maximum atomic E-state index is 12.9. The number of carbonyl (C=O) groups excluding carboxylic acids is 9. The fraction of sp³-hybridized carbons (Fsp3) is 0.468. The minimum atomic E-state index is -3.62. The van der Waals surface area contributed by atoms with E-state index in [-0.39, 0.29) is 80.0 Å². The van der Waals surface area contributed by atoms with Gasteiger partial charge in [0.15, 0.2) is 29.0 Å². The Bertz CT molecular complexity index is 4480. The predicted molar refractivity (Wildman–Crippen MR) is 468 cm³/mol. The molecule has 0 saturated carbocycles. The number of esters is 1. The molecule has 7 aromatic rings. The second kappa shape index (κ2) is 46.8. The van der Waals surface area contributed by atoms with Gasteiger partial charge in [0, 0.05) is 77.9 Å². The third kappa shape index (κ3) is 33.5. The molecule has 3 amide bonds. The molecule has 7 unspecified atom stereocenters. The van der Waals surface area contributed by atoms with Crippen LogP contribution in [0.2, 0.25) is 0 Å². The molecule has 0 saturated heterocycles. The van der Waals surface area contributed by atoms with E-state index in [0.717, 1.165) is 29.0 Å². The van der Waals surface area contributed by atoms with Crippen molar-refractivity contribution in [3.8, 4) is 16.9 Å². The standard InChI is InChI=1S/C32H36N2O4.C19H25N3O3.C16H24NO6P.C14H20O2.C12H22O4.CH4/c1-21(37-5)34-29(30(35)32(2,3)4)18-22-14-16-23(17-15-22)19-33-31(36)38-20-28-26-12-8-6-10-24(26)25-11-7-9-13-27(25)28;1-19(2,3)17(23)16(21-18(24)25-4)10-15-12-22(13-20-15)11-14-8-6-5-7-9-14;1-16(2,3)14(18)13(17-15(19)22-4)10-11-6-8-12(9-7-11)23-24(5,20)21;1-5-14(16,12(15)13(2,3)4)11-9-7-6-8-10-11;1-8(7-13)9(6-10(14)16-5)11(15)12(2,3)4;/h6-17,28-29,34H,1,18-20H2,2-5H3,(H,33,36);5-9,12-13,16H,10-11H2,1-4H3,(H,21,24);6-9,13H,10H2,1-5H3,(H,17,19)(H,20,21);6-10,16H,5H2,1-4H3;8-9,13H,6-7H2,1-5H3;1H4. The molecular weight excluding hydrogens is 1550 g/mol. The summed E-state index contributed by atoms with van der Waals surface area (Å²) in [6.07, 6.45) is 3.42. The Hall–Kier alpha value is -10.6. The summed E-state index contributed by atoms with van der Waals surface area (Å²) in [5, 5.41) is 30.7. The minimum Gasteiger partial charge on any atom is -0.483 e. The molecule has 6 aromatic carbocycles. The van der Waals surface area contributed by atoms with Gasteiger partial charge in [-0.3, -0.25) is 28.8 Å². The molecule has 0 bridgehead atoms. The Morgan fingerprint density at radius 3 is 1.38 bits per heavy atom. The van der Waals surface area contributed by atoms with Crippen LogP contribution in [0.3, 0.4) is 0 Å². The smallest absolute Gasteiger partial charge is 0.407 e. The van der Waals surface area contributed by atoms with Gasteiger partial charge < -0.3 is 69.1 Å². The highest BCUT2D eigenvalue weighted by molar-refractivity contribution is 7.52. The first kappa shape index (κ1) is 104. The molecule has 0 fully saturated rings. The van der Waals surface area contributed by atoms with Crippen LogP contribution in [0.5, 0.6) is 5.75 Å². The van der Waals surface area contributed by atoms with Crippen molar-refractivity contribution < 1.29 is 91.0 Å². The lowest BCUT2D eigenvalue weighted by atomic mass is 9.75. The lowest BCUT2D eigenvalue weighted by Crippen LogP contribution is -2.47. The average Bonchev–Trinajstić information content (AvgIpc) is 1.58. The first-order valence-corrected chi connectivity index (χ1v) is 41.6. The van der Waals surface area contributed by atoms with Crippen LogP contribution >= 0.6 is 7.60 Å². The van der Waals surface area contributed by atoms with Crippen LogP contribution in [0, 0.1) is 38.9 Å². The molecule has 0 spiro atoms. The number of aliphatic hydroxyl groups is 2. The van der Waals surface area contributed by atoms with E-state index in [9.17, 15) is 57.7 Å². The zero-order valence-electron chi connectivity index (χ0n) is 73.4. The number of benzene rings is 6. The van der Waals surface area contributed by atoms with Crippen molar-refractivity contribution in [2.45, 2.75) is 200 Å². The van der Waals surface area contributed by atoms with Crippen LogP contribution in [0.15, 0.2) is 183 Å². The summed E-state index contributed by atoms with van der Waals surface area (Å²) in [6.45, 7) is 37.2. The molecule has 1 aromatic heterocycles. The molecule has 1 aliphatic carbocycles. The Morgan fingerprint density at radius 1 is 0.533 bits per heavy atom. The van der Waals surface area contributed by atoms with E-state index in [1.165, 1.54) is 56.3 Å². The number of ether oxygens (including phenoxy) is 5. The SMILES string of the molecule is C.C=C(NC(Cc1ccc(CNC(=O)OCC2c3ccccc3-c3ccccc32)cc1)C(=O)C(C)(C)C)OC.CCC(O)(C(=O)C(C)(C)C)c1ccccc1.COC(=O)CC(C(=O)C(C)(C)C)C(C)CO.COC(=O)NC(Cc1ccc(OP(C)(=O)O)cc1)C(=O)C(C)(C)C.COC(=O)NC(Cc1cn(Cc2ccccc2)cn1)C(=O)C(C)(C)C. The van der Waals surface area contributed by atoms with E-state index >= 15 is 0 Å². The molecule has 7 atom stereocenters. The number of carbonyl (C=O) groups is 9. The number of amides is 3. The Balaban J connectivity index is 0.000000403.